The third-order valence-electron chi connectivity index (χ3n) is 3.94. The number of halogens is 1. The predicted octanol–water partition coefficient (Wildman–Crippen LogP) is 3.73. The van der Waals surface area contributed by atoms with Crippen LogP contribution in [0.15, 0.2) is 30.3 Å². The van der Waals surface area contributed by atoms with Crippen LogP contribution in [0.25, 0.3) is 0 Å². The first-order valence-electron chi connectivity index (χ1n) is 7.95. The molecular weight excluding hydrogens is 356 g/mol. The number of anilines is 2. The molecule has 0 bridgehead atoms. The van der Waals surface area contributed by atoms with Crippen LogP contribution in [0, 0.1) is 13.8 Å². The number of para-hydroxylation sites is 1. The molecule has 7 heteroatoms. The lowest BCUT2D eigenvalue weighted by molar-refractivity contribution is -0.123. The van der Waals surface area contributed by atoms with Crippen molar-refractivity contribution in [2.45, 2.75) is 26.9 Å². The highest BCUT2D eigenvalue weighted by Gasteiger charge is 2.22. The van der Waals surface area contributed by atoms with Crippen molar-refractivity contribution in [2.75, 3.05) is 18.2 Å². The second-order valence-corrected chi connectivity index (χ2v) is 6.28. The largest absolute Gasteiger partial charge is 0.495 e. The Balaban J connectivity index is 2.12. The van der Waals surface area contributed by atoms with Crippen LogP contribution in [0.2, 0.25) is 5.02 Å². The predicted molar refractivity (Wildman–Crippen MR) is 102 cm³/mol. The fourth-order valence-corrected chi connectivity index (χ4v) is 2.45. The topological polar surface area (TPSA) is 90.6 Å². The van der Waals surface area contributed by atoms with E-state index in [-0.39, 0.29) is 5.56 Å². The summed E-state index contributed by atoms with van der Waals surface area (Å²) in [7, 11) is 1.47. The van der Waals surface area contributed by atoms with Crippen molar-refractivity contribution in [3.05, 3.63) is 52.0 Å². The Hall–Kier alpha value is -2.73. The lowest BCUT2D eigenvalue weighted by atomic mass is 10.1. The van der Waals surface area contributed by atoms with Gasteiger partial charge in [0.1, 0.15) is 5.75 Å². The summed E-state index contributed by atoms with van der Waals surface area (Å²) in [6.07, 6.45) is -1.02. The van der Waals surface area contributed by atoms with Gasteiger partial charge in [-0.05, 0) is 44.0 Å². The Morgan fingerprint density at radius 2 is 1.88 bits per heavy atom. The standard InChI is InChI=1S/C19H21ClN2O4/c1-10-6-5-7-13(17(10)21)19(24)26-12(3)18(23)22-15-8-11(2)14(20)9-16(15)25-4/h5-9,12H,21H2,1-4H3,(H,22,23)/t12-/m1/s1. The van der Waals surface area contributed by atoms with E-state index in [1.807, 2.05) is 0 Å². The molecule has 0 aliphatic rings. The molecule has 26 heavy (non-hydrogen) atoms. The van der Waals surface area contributed by atoms with Gasteiger partial charge in [0.05, 0.1) is 18.4 Å². The molecule has 1 atom stereocenters. The molecule has 0 aliphatic carbocycles. The molecule has 0 saturated heterocycles. The van der Waals surface area contributed by atoms with E-state index >= 15 is 0 Å². The minimum Gasteiger partial charge on any atom is -0.495 e. The van der Waals surface area contributed by atoms with Crippen LogP contribution in [-0.4, -0.2) is 25.1 Å². The van der Waals surface area contributed by atoms with E-state index in [4.69, 9.17) is 26.8 Å². The number of nitrogen functional groups attached to an aromatic ring is 1. The zero-order chi connectivity index (χ0) is 19.4. The van der Waals surface area contributed by atoms with Gasteiger partial charge in [-0.2, -0.15) is 0 Å². The first-order chi connectivity index (χ1) is 12.2. The summed E-state index contributed by atoms with van der Waals surface area (Å²) >= 11 is 6.05. The molecule has 0 heterocycles. The Bertz CT molecular complexity index is 852. The van der Waals surface area contributed by atoms with Gasteiger partial charge < -0.3 is 20.5 Å². The van der Waals surface area contributed by atoms with Crippen molar-refractivity contribution >= 4 is 34.9 Å². The second kappa shape index (κ2) is 8.10. The van der Waals surface area contributed by atoms with Crippen molar-refractivity contribution < 1.29 is 19.1 Å². The van der Waals surface area contributed by atoms with Crippen LogP contribution in [0.3, 0.4) is 0 Å². The summed E-state index contributed by atoms with van der Waals surface area (Å²) in [6, 6.07) is 8.34. The minimum atomic E-state index is -1.02. The average molecular weight is 377 g/mol. The number of benzene rings is 2. The lowest BCUT2D eigenvalue weighted by Gasteiger charge is -2.17. The van der Waals surface area contributed by atoms with E-state index in [2.05, 4.69) is 5.32 Å². The van der Waals surface area contributed by atoms with E-state index in [9.17, 15) is 9.59 Å². The van der Waals surface area contributed by atoms with E-state index in [1.165, 1.54) is 14.0 Å². The van der Waals surface area contributed by atoms with Crippen LogP contribution < -0.4 is 15.8 Å². The third kappa shape index (κ3) is 4.26. The van der Waals surface area contributed by atoms with Crippen LogP contribution in [0.1, 0.15) is 28.4 Å². The van der Waals surface area contributed by atoms with Gasteiger partial charge in [-0.1, -0.05) is 23.7 Å². The summed E-state index contributed by atoms with van der Waals surface area (Å²) in [6.45, 7) is 5.08. The molecule has 2 aromatic rings. The molecule has 0 aromatic heterocycles. The van der Waals surface area contributed by atoms with Gasteiger partial charge in [0.25, 0.3) is 5.91 Å². The SMILES string of the molecule is COc1cc(Cl)c(C)cc1NC(=O)[C@@H](C)OC(=O)c1cccc(C)c1N. The van der Waals surface area contributed by atoms with Gasteiger partial charge in [0.15, 0.2) is 6.10 Å². The summed E-state index contributed by atoms with van der Waals surface area (Å²) in [5, 5.41) is 3.20. The number of methoxy groups -OCH3 is 1. The van der Waals surface area contributed by atoms with Crippen molar-refractivity contribution in [3.8, 4) is 5.75 Å². The van der Waals surface area contributed by atoms with Gasteiger partial charge in [-0.25, -0.2) is 4.79 Å². The normalized spacial score (nSPS) is 11.6. The number of hydrogen-bond donors (Lipinski definition) is 2. The molecule has 2 rings (SSSR count). The Morgan fingerprint density at radius 1 is 1.19 bits per heavy atom. The number of aryl methyl sites for hydroxylation is 2. The van der Waals surface area contributed by atoms with Crippen molar-refractivity contribution in [1.82, 2.24) is 0 Å². The molecule has 1 amide bonds. The van der Waals surface area contributed by atoms with Crippen LogP contribution in [-0.2, 0) is 9.53 Å². The molecule has 6 nitrogen and oxygen atoms in total. The number of amides is 1. The first kappa shape index (κ1) is 19.6. The molecule has 3 N–H and O–H groups in total. The van der Waals surface area contributed by atoms with Gasteiger partial charge in [-0.3, -0.25) is 4.79 Å². The summed E-state index contributed by atoms with van der Waals surface area (Å²) in [4.78, 5) is 24.7. The van der Waals surface area contributed by atoms with Crippen molar-refractivity contribution in [2.24, 2.45) is 0 Å². The average Bonchev–Trinajstić information content (AvgIpc) is 2.59. The summed E-state index contributed by atoms with van der Waals surface area (Å²) < 4.78 is 10.5. The number of nitrogens with one attached hydrogen (secondary N) is 1. The third-order valence-corrected chi connectivity index (χ3v) is 4.34. The Kier molecular flexibility index (Phi) is 6.10. The van der Waals surface area contributed by atoms with E-state index in [0.717, 1.165) is 11.1 Å². The highest BCUT2D eigenvalue weighted by molar-refractivity contribution is 6.31. The molecular formula is C19H21ClN2O4. The number of esters is 1. The van der Waals surface area contributed by atoms with Gasteiger partial charge in [0, 0.05) is 16.8 Å². The summed E-state index contributed by atoms with van der Waals surface area (Å²) in [5.41, 5.74) is 8.44. The lowest BCUT2D eigenvalue weighted by Crippen LogP contribution is -2.30. The number of nitrogens with two attached hydrogens (primary N) is 1. The number of ether oxygens (including phenoxy) is 2. The Morgan fingerprint density at radius 3 is 2.54 bits per heavy atom. The van der Waals surface area contributed by atoms with Gasteiger partial charge >= 0.3 is 5.97 Å². The molecule has 2 aromatic carbocycles. The molecule has 0 fully saturated rings. The quantitative estimate of drug-likeness (QED) is 0.612. The minimum absolute atomic E-state index is 0.226. The number of rotatable bonds is 5. The van der Waals surface area contributed by atoms with Crippen LogP contribution >= 0.6 is 11.6 Å². The number of hydrogen-bond acceptors (Lipinski definition) is 5. The zero-order valence-electron chi connectivity index (χ0n) is 15.1. The highest BCUT2D eigenvalue weighted by Crippen LogP contribution is 2.31. The van der Waals surface area contributed by atoms with Crippen molar-refractivity contribution in [3.63, 3.8) is 0 Å². The fraction of sp³-hybridized carbons (Fsp3) is 0.263. The van der Waals surface area contributed by atoms with E-state index in [1.54, 1.807) is 44.2 Å². The molecule has 138 valence electrons. The molecule has 0 unspecified atom stereocenters. The number of carbonyl (C=O) groups is 2. The van der Waals surface area contributed by atoms with Gasteiger partial charge in [-0.15, -0.1) is 0 Å². The maximum absolute atomic E-state index is 12.4. The van der Waals surface area contributed by atoms with E-state index in [0.29, 0.717) is 22.1 Å². The Labute approximate surface area is 157 Å². The van der Waals surface area contributed by atoms with E-state index < -0.39 is 18.0 Å². The highest BCUT2D eigenvalue weighted by atomic mass is 35.5. The van der Waals surface area contributed by atoms with Crippen LogP contribution in [0.5, 0.6) is 5.75 Å². The maximum atomic E-state index is 12.4. The molecule has 0 aliphatic heterocycles. The zero-order valence-corrected chi connectivity index (χ0v) is 15.8. The maximum Gasteiger partial charge on any atom is 0.341 e. The molecule has 0 radical (unpaired) electrons. The number of carbonyl (C=O) groups excluding carboxylic acids is 2. The second-order valence-electron chi connectivity index (χ2n) is 5.87. The monoisotopic (exact) mass is 376 g/mol. The fourth-order valence-electron chi connectivity index (χ4n) is 2.30. The van der Waals surface area contributed by atoms with Crippen LogP contribution in [0.4, 0.5) is 11.4 Å². The molecule has 0 spiro atoms. The summed E-state index contributed by atoms with van der Waals surface area (Å²) in [5.74, 6) is -0.742. The van der Waals surface area contributed by atoms with Crippen molar-refractivity contribution in [1.29, 1.82) is 0 Å². The molecule has 0 saturated carbocycles. The smallest absolute Gasteiger partial charge is 0.341 e. The first-order valence-corrected chi connectivity index (χ1v) is 8.33. The van der Waals surface area contributed by atoms with Gasteiger partial charge in [0.2, 0.25) is 0 Å².